The Bertz CT molecular complexity index is 415. The minimum Gasteiger partial charge on any atom is -0.338 e. The van der Waals surface area contributed by atoms with Crippen LogP contribution in [0.5, 0.6) is 0 Å². The van der Waals surface area contributed by atoms with E-state index in [9.17, 15) is 4.79 Å². The molecule has 3 heteroatoms. The minimum absolute atomic E-state index is 0.113. The fourth-order valence-electron chi connectivity index (χ4n) is 1.84. The molecule has 0 bridgehead atoms. The minimum atomic E-state index is -0.499. The predicted molar refractivity (Wildman–Crippen MR) is 76.8 cm³/mol. The Morgan fingerprint density at radius 3 is 2.56 bits per heavy atom. The van der Waals surface area contributed by atoms with Crippen molar-refractivity contribution in [2.45, 2.75) is 34.2 Å². The number of rotatable bonds is 5. The summed E-state index contributed by atoms with van der Waals surface area (Å²) in [5, 5.41) is 0. The molecule has 1 amide bonds. The van der Waals surface area contributed by atoms with Gasteiger partial charge in [-0.1, -0.05) is 29.8 Å². The summed E-state index contributed by atoms with van der Waals surface area (Å²) < 4.78 is 0. The van der Waals surface area contributed by atoms with Crippen molar-refractivity contribution in [1.29, 1.82) is 0 Å². The first kappa shape index (κ1) is 15.0. The van der Waals surface area contributed by atoms with Crippen molar-refractivity contribution in [2.75, 3.05) is 12.4 Å². The number of nitrogens with zero attached hydrogens (tertiary/aromatic N) is 1. The number of hydrogen-bond donors (Lipinski definition) is 0. The third-order valence-electron chi connectivity index (χ3n) is 3.04. The third kappa shape index (κ3) is 3.74. The van der Waals surface area contributed by atoms with Crippen molar-refractivity contribution in [3.8, 4) is 0 Å². The summed E-state index contributed by atoms with van der Waals surface area (Å²) in [6, 6.07) is 8.25. The van der Waals surface area contributed by atoms with Gasteiger partial charge in [-0.2, -0.15) is 0 Å². The fourth-order valence-corrected chi connectivity index (χ4v) is 1.96. The number of hydrogen-bond acceptors (Lipinski definition) is 1. The van der Waals surface area contributed by atoms with Crippen molar-refractivity contribution in [2.24, 2.45) is 5.41 Å². The SMILES string of the molecule is CCN(Cc1cccc(C)c1)C(=O)C(C)(C)CCl. The summed E-state index contributed by atoms with van der Waals surface area (Å²) in [6.07, 6.45) is 0. The van der Waals surface area contributed by atoms with Crippen molar-refractivity contribution >= 4 is 17.5 Å². The van der Waals surface area contributed by atoms with Gasteiger partial charge < -0.3 is 4.90 Å². The zero-order chi connectivity index (χ0) is 13.8. The van der Waals surface area contributed by atoms with Gasteiger partial charge in [0.2, 0.25) is 5.91 Å². The van der Waals surface area contributed by atoms with Gasteiger partial charge in [0.15, 0.2) is 0 Å². The molecule has 0 radical (unpaired) electrons. The lowest BCUT2D eigenvalue weighted by molar-refractivity contribution is -0.139. The van der Waals surface area contributed by atoms with Gasteiger partial charge >= 0.3 is 0 Å². The summed E-state index contributed by atoms with van der Waals surface area (Å²) in [7, 11) is 0. The van der Waals surface area contributed by atoms with Crippen LogP contribution in [-0.4, -0.2) is 23.2 Å². The van der Waals surface area contributed by atoms with Crippen LogP contribution in [-0.2, 0) is 11.3 Å². The Labute approximate surface area is 115 Å². The monoisotopic (exact) mass is 267 g/mol. The predicted octanol–water partition coefficient (Wildman–Crippen LogP) is 3.61. The molecule has 1 rings (SSSR count). The van der Waals surface area contributed by atoms with E-state index in [0.29, 0.717) is 19.0 Å². The summed E-state index contributed by atoms with van der Waals surface area (Å²) in [4.78, 5) is 14.2. The number of carbonyl (C=O) groups excluding carboxylic acids is 1. The second-order valence-corrected chi connectivity index (χ2v) is 5.59. The Morgan fingerprint density at radius 1 is 1.39 bits per heavy atom. The van der Waals surface area contributed by atoms with Crippen LogP contribution in [0.25, 0.3) is 0 Å². The Balaban J connectivity index is 2.82. The number of amides is 1. The number of alkyl halides is 1. The summed E-state index contributed by atoms with van der Waals surface area (Å²) in [6.45, 7) is 9.19. The highest BCUT2D eigenvalue weighted by molar-refractivity contribution is 6.19. The molecule has 1 aromatic rings. The third-order valence-corrected chi connectivity index (χ3v) is 3.71. The van der Waals surface area contributed by atoms with Crippen molar-refractivity contribution < 1.29 is 4.79 Å². The molecule has 0 saturated heterocycles. The molecule has 100 valence electrons. The van der Waals surface area contributed by atoms with E-state index in [1.807, 2.05) is 31.7 Å². The van der Waals surface area contributed by atoms with Gasteiger partial charge in [0.1, 0.15) is 0 Å². The van der Waals surface area contributed by atoms with Crippen LogP contribution in [0, 0.1) is 12.3 Å². The second-order valence-electron chi connectivity index (χ2n) is 5.33. The van der Waals surface area contributed by atoms with E-state index in [2.05, 4.69) is 25.1 Å². The number of carbonyl (C=O) groups is 1. The van der Waals surface area contributed by atoms with Crippen LogP contribution >= 0.6 is 11.6 Å². The Hall–Kier alpha value is -1.02. The smallest absolute Gasteiger partial charge is 0.229 e. The van der Waals surface area contributed by atoms with Gasteiger partial charge in [0, 0.05) is 19.0 Å². The Morgan fingerprint density at radius 2 is 2.06 bits per heavy atom. The van der Waals surface area contributed by atoms with Crippen LogP contribution in [0.4, 0.5) is 0 Å². The number of benzene rings is 1. The van der Waals surface area contributed by atoms with E-state index in [1.54, 1.807) is 0 Å². The maximum atomic E-state index is 12.4. The van der Waals surface area contributed by atoms with Crippen LogP contribution in [0.15, 0.2) is 24.3 Å². The molecular weight excluding hydrogens is 246 g/mol. The van der Waals surface area contributed by atoms with E-state index >= 15 is 0 Å². The van der Waals surface area contributed by atoms with E-state index in [0.717, 1.165) is 5.56 Å². The van der Waals surface area contributed by atoms with Crippen LogP contribution in [0.2, 0.25) is 0 Å². The normalized spacial score (nSPS) is 11.4. The molecule has 0 N–H and O–H groups in total. The topological polar surface area (TPSA) is 20.3 Å². The number of halogens is 1. The quantitative estimate of drug-likeness (QED) is 0.747. The lowest BCUT2D eigenvalue weighted by Crippen LogP contribution is -2.41. The first-order chi connectivity index (χ1) is 8.40. The van der Waals surface area contributed by atoms with Gasteiger partial charge in [-0.25, -0.2) is 0 Å². The van der Waals surface area contributed by atoms with Gasteiger partial charge in [-0.05, 0) is 33.3 Å². The molecule has 0 spiro atoms. The maximum absolute atomic E-state index is 12.4. The largest absolute Gasteiger partial charge is 0.338 e. The van der Waals surface area contributed by atoms with E-state index in [4.69, 9.17) is 11.6 Å². The highest BCUT2D eigenvalue weighted by Crippen LogP contribution is 2.22. The van der Waals surface area contributed by atoms with E-state index in [1.165, 1.54) is 5.56 Å². The highest BCUT2D eigenvalue weighted by atomic mass is 35.5. The van der Waals surface area contributed by atoms with E-state index < -0.39 is 5.41 Å². The van der Waals surface area contributed by atoms with Crippen molar-refractivity contribution in [3.05, 3.63) is 35.4 Å². The zero-order valence-corrected chi connectivity index (χ0v) is 12.4. The van der Waals surface area contributed by atoms with Crippen LogP contribution in [0.1, 0.15) is 31.9 Å². The van der Waals surface area contributed by atoms with Crippen LogP contribution < -0.4 is 0 Å². The van der Waals surface area contributed by atoms with Crippen LogP contribution in [0.3, 0.4) is 0 Å². The molecular formula is C15H22ClNO. The molecule has 1 aromatic carbocycles. The molecule has 0 heterocycles. The molecule has 18 heavy (non-hydrogen) atoms. The Kier molecular flexibility index (Phi) is 5.21. The van der Waals surface area contributed by atoms with Crippen molar-refractivity contribution in [3.63, 3.8) is 0 Å². The molecule has 0 atom stereocenters. The first-order valence-electron chi connectivity index (χ1n) is 6.31. The van der Waals surface area contributed by atoms with E-state index in [-0.39, 0.29) is 5.91 Å². The van der Waals surface area contributed by atoms with Crippen molar-refractivity contribution in [1.82, 2.24) is 4.90 Å². The standard InChI is InChI=1S/C15H22ClNO/c1-5-17(14(18)15(3,4)11-16)10-13-8-6-7-12(2)9-13/h6-9H,5,10-11H2,1-4H3. The second kappa shape index (κ2) is 6.24. The molecule has 0 aliphatic carbocycles. The molecule has 0 aromatic heterocycles. The molecule has 0 saturated carbocycles. The maximum Gasteiger partial charge on any atom is 0.229 e. The summed E-state index contributed by atoms with van der Waals surface area (Å²) in [5.41, 5.74) is 1.88. The zero-order valence-electron chi connectivity index (χ0n) is 11.7. The van der Waals surface area contributed by atoms with Gasteiger partial charge in [-0.15, -0.1) is 11.6 Å². The lowest BCUT2D eigenvalue weighted by Gasteiger charge is -2.30. The molecule has 0 aliphatic heterocycles. The number of aryl methyl sites for hydroxylation is 1. The summed E-state index contributed by atoms with van der Waals surface area (Å²) >= 11 is 5.87. The molecule has 2 nitrogen and oxygen atoms in total. The average molecular weight is 268 g/mol. The van der Waals surface area contributed by atoms with Gasteiger partial charge in [-0.3, -0.25) is 4.79 Å². The van der Waals surface area contributed by atoms with Gasteiger partial charge in [0.05, 0.1) is 5.41 Å². The van der Waals surface area contributed by atoms with Gasteiger partial charge in [0.25, 0.3) is 0 Å². The summed E-state index contributed by atoms with van der Waals surface area (Å²) in [5.74, 6) is 0.456. The lowest BCUT2D eigenvalue weighted by atomic mass is 9.94. The first-order valence-corrected chi connectivity index (χ1v) is 6.85. The highest BCUT2D eigenvalue weighted by Gasteiger charge is 2.30. The average Bonchev–Trinajstić information content (AvgIpc) is 2.35. The molecule has 0 unspecified atom stereocenters. The fraction of sp³-hybridized carbons (Fsp3) is 0.533. The molecule has 0 fully saturated rings. The molecule has 0 aliphatic rings.